The number of rotatable bonds is 5. The van der Waals surface area contributed by atoms with Crippen LogP contribution in [-0.4, -0.2) is 23.2 Å². The number of ether oxygens (including phenoxy) is 1. The molecule has 1 saturated carbocycles. The van der Waals surface area contributed by atoms with Crippen LogP contribution in [0, 0.1) is 5.92 Å². The predicted octanol–water partition coefficient (Wildman–Crippen LogP) is 2.56. The molecule has 1 aliphatic carbocycles. The molecule has 0 radical (unpaired) electrons. The lowest BCUT2D eigenvalue weighted by molar-refractivity contribution is -0.145. The zero-order valence-corrected chi connectivity index (χ0v) is 12.3. The van der Waals surface area contributed by atoms with Gasteiger partial charge in [0.05, 0.1) is 0 Å². The maximum Gasteiger partial charge on any atom is 0.327 e. The molecule has 0 spiro atoms. The Morgan fingerprint density at radius 3 is 2.55 bits per heavy atom. The number of carboxylic acids is 1. The molecule has 4 nitrogen and oxygen atoms in total. The Bertz CT molecular complexity index is 503. The SMILES string of the molecule is CC(C)(C)c1cccc(OCC(N)(C(=O)O)C2CC2)c1. The summed E-state index contributed by atoms with van der Waals surface area (Å²) in [6.45, 7) is 6.39. The Labute approximate surface area is 119 Å². The van der Waals surface area contributed by atoms with Crippen molar-refractivity contribution in [2.24, 2.45) is 11.7 Å². The minimum absolute atomic E-state index is 0.0145. The highest BCUT2D eigenvalue weighted by molar-refractivity contribution is 5.79. The highest BCUT2D eigenvalue weighted by Gasteiger charge is 2.49. The van der Waals surface area contributed by atoms with Crippen LogP contribution in [0.3, 0.4) is 0 Å². The molecule has 2 rings (SSSR count). The topological polar surface area (TPSA) is 72.5 Å². The second-order valence-electron chi connectivity index (χ2n) is 6.69. The van der Waals surface area contributed by atoms with E-state index >= 15 is 0 Å². The monoisotopic (exact) mass is 277 g/mol. The van der Waals surface area contributed by atoms with Crippen LogP contribution in [0.5, 0.6) is 5.75 Å². The van der Waals surface area contributed by atoms with Crippen LogP contribution in [0.25, 0.3) is 0 Å². The quantitative estimate of drug-likeness (QED) is 0.867. The maximum atomic E-state index is 11.3. The lowest BCUT2D eigenvalue weighted by atomic mass is 9.87. The number of hydrogen-bond acceptors (Lipinski definition) is 3. The largest absolute Gasteiger partial charge is 0.491 e. The van der Waals surface area contributed by atoms with Gasteiger partial charge >= 0.3 is 5.97 Å². The van der Waals surface area contributed by atoms with E-state index in [1.807, 2.05) is 24.3 Å². The van der Waals surface area contributed by atoms with E-state index in [2.05, 4.69) is 20.8 Å². The molecule has 110 valence electrons. The van der Waals surface area contributed by atoms with Crippen LogP contribution in [0.1, 0.15) is 39.2 Å². The zero-order chi connectivity index (χ0) is 15.0. The first kappa shape index (κ1) is 14.9. The Balaban J connectivity index is 2.09. The van der Waals surface area contributed by atoms with Crippen LogP contribution in [-0.2, 0) is 10.2 Å². The van der Waals surface area contributed by atoms with Gasteiger partial charge in [-0.05, 0) is 41.9 Å². The second kappa shape index (κ2) is 5.09. The number of nitrogens with two attached hydrogens (primary N) is 1. The molecule has 1 aromatic carbocycles. The van der Waals surface area contributed by atoms with Gasteiger partial charge in [-0.2, -0.15) is 0 Å². The van der Waals surface area contributed by atoms with Crippen molar-refractivity contribution in [3.8, 4) is 5.75 Å². The van der Waals surface area contributed by atoms with Gasteiger partial charge < -0.3 is 15.6 Å². The summed E-state index contributed by atoms with van der Waals surface area (Å²) in [6.07, 6.45) is 1.74. The van der Waals surface area contributed by atoms with Gasteiger partial charge in [-0.15, -0.1) is 0 Å². The van der Waals surface area contributed by atoms with Crippen molar-refractivity contribution in [3.63, 3.8) is 0 Å². The van der Waals surface area contributed by atoms with Crippen LogP contribution in [0.2, 0.25) is 0 Å². The summed E-state index contributed by atoms with van der Waals surface area (Å²) < 4.78 is 5.66. The highest BCUT2D eigenvalue weighted by atomic mass is 16.5. The molecule has 0 saturated heterocycles. The number of hydrogen-bond donors (Lipinski definition) is 2. The first-order valence-corrected chi connectivity index (χ1v) is 6.99. The minimum Gasteiger partial charge on any atom is -0.491 e. The molecule has 4 heteroatoms. The highest BCUT2D eigenvalue weighted by Crippen LogP contribution is 2.39. The van der Waals surface area contributed by atoms with Crippen LogP contribution in [0.15, 0.2) is 24.3 Å². The fraction of sp³-hybridized carbons (Fsp3) is 0.562. The van der Waals surface area contributed by atoms with Gasteiger partial charge in [-0.3, -0.25) is 4.79 Å². The molecule has 0 amide bonds. The van der Waals surface area contributed by atoms with Crippen molar-refractivity contribution in [1.82, 2.24) is 0 Å². The van der Waals surface area contributed by atoms with E-state index in [9.17, 15) is 9.90 Å². The fourth-order valence-electron chi connectivity index (χ4n) is 2.21. The summed E-state index contributed by atoms with van der Waals surface area (Å²) in [4.78, 5) is 11.3. The summed E-state index contributed by atoms with van der Waals surface area (Å²) in [5, 5.41) is 9.30. The van der Waals surface area contributed by atoms with Crippen molar-refractivity contribution in [2.75, 3.05) is 6.61 Å². The Morgan fingerprint density at radius 2 is 2.05 bits per heavy atom. The summed E-state index contributed by atoms with van der Waals surface area (Å²) >= 11 is 0. The molecular formula is C16H23NO3. The fourth-order valence-corrected chi connectivity index (χ4v) is 2.21. The third kappa shape index (κ3) is 3.12. The van der Waals surface area contributed by atoms with Gasteiger partial charge in [0.15, 0.2) is 5.54 Å². The van der Waals surface area contributed by atoms with E-state index in [4.69, 9.17) is 10.5 Å². The lowest BCUT2D eigenvalue weighted by Crippen LogP contribution is -2.54. The molecule has 1 fully saturated rings. The lowest BCUT2D eigenvalue weighted by Gasteiger charge is -2.25. The predicted molar refractivity (Wildman–Crippen MR) is 77.9 cm³/mol. The Hall–Kier alpha value is -1.55. The third-order valence-corrected chi connectivity index (χ3v) is 3.88. The zero-order valence-electron chi connectivity index (χ0n) is 12.3. The van der Waals surface area contributed by atoms with Gasteiger partial charge in [0, 0.05) is 0 Å². The van der Waals surface area contributed by atoms with E-state index in [1.54, 1.807) is 0 Å². The molecule has 0 heterocycles. The van der Waals surface area contributed by atoms with E-state index in [0.717, 1.165) is 18.4 Å². The smallest absolute Gasteiger partial charge is 0.327 e. The number of carbonyl (C=O) groups is 1. The second-order valence-corrected chi connectivity index (χ2v) is 6.69. The number of aliphatic carboxylic acids is 1. The molecule has 1 aromatic rings. The standard InChI is InChI=1S/C16H23NO3/c1-15(2,3)12-5-4-6-13(9-12)20-10-16(17,14(18)19)11-7-8-11/h4-6,9,11H,7-8,10,17H2,1-3H3,(H,18,19). The van der Waals surface area contributed by atoms with Gasteiger partial charge in [-0.1, -0.05) is 32.9 Å². The van der Waals surface area contributed by atoms with Crippen molar-refractivity contribution in [1.29, 1.82) is 0 Å². The molecule has 1 aliphatic rings. The molecule has 0 aliphatic heterocycles. The Morgan fingerprint density at radius 1 is 1.40 bits per heavy atom. The van der Waals surface area contributed by atoms with Crippen LogP contribution in [0.4, 0.5) is 0 Å². The average molecular weight is 277 g/mol. The van der Waals surface area contributed by atoms with E-state index in [-0.39, 0.29) is 17.9 Å². The first-order chi connectivity index (χ1) is 9.23. The normalized spacial score (nSPS) is 18.4. The van der Waals surface area contributed by atoms with Crippen molar-refractivity contribution in [3.05, 3.63) is 29.8 Å². The molecule has 0 bridgehead atoms. The Kier molecular flexibility index (Phi) is 3.78. The van der Waals surface area contributed by atoms with Gasteiger partial charge in [0.25, 0.3) is 0 Å². The summed E-state index contributed by atoms with van der Waals surface area (Å²) in [7, 11) is 0. The number of carboxylic acid groups (broad SMARTS) is 1. The molecule has 3 N–H and O–H groups in total. The third-order valence-electron chi connectivity index (χ3n) is 3.88. The van der Waals surface area contributed by atoms with Crippen LogP contribution < -0.4 is 10.5 Å². The van der Waals surface area contributed by atoms with Gasteiger partial charge in [0.1, 0.15) is 12.4 Å². The number of benzene rings is 1. The minimum atomic E-state index is -1.27. The van der Waals surface area contributed by atoms with Gasteiger partial charge in [0.2, 0.25) is 0 Å². The van der Waals surface area contributed by atoms with E-state index in [0.29, 0.717) is 5.75 Å². The molecular weight excluding hydrogens is 254 g/mol. The summed E-state index contributed by atoms with van der Waals surface area (Å²) in [6, 6.07) is 7.76. The van der Waals surface area contributed by atoms with E-state index < -0.39 is 11.5 Å². The molecule has 1 atom stereocenters. The van der Waals surface area contributed by atoms with Crippen LogP contribution >= 0.6 is 0 Å². The van der Waals surface area contributed by atoms with Crippen molar-refractivity contribution >= 4 is 5.97 Å². The summed E-state index contributed by atoms with van der Waals surface area (Å²) in [5.74, 6) is -0.271. The van der Waals surface area contributed by atoms with Gasteiger partial charge in [-0.25, -0.2) is 0 Å². The maximum absolute atomic E-state index is 11.3. The summed E-state index contributed by atoms with van der Waals surface area (Å²) in [5.41, 5.74) is 5.91. The first-order valence-electron chi connectivity index (χ1n) is 6.99. The molecule has 20 heavy (non-hydrogen) atoms. The van der Waals surface area contributed by atoms with E-state index in [1.165, 1.54) is 0 Å². The molecule has 1 unspecified atom stereocenters. The molecule has 0 aromatic heterocycles. The van der Waals surface area contributed by atoms with Crippen molar-refractivity contribution < 1.29 is 14.6 Å². The average Bonchev–Trinajstić information content (AvgIpc) is 3.19. The van der Waals surface area contributed by atoms with Crippen molar-refractivity contribution in [2.45, 2.75) is 44.6 Å².